The number of carbonyl (C=O) groups excluding carboxylic acids is 1. The zero-order valence-corrected chi connectivity index (χ0v) is 23.5. The molecule has 0 amide bonds. The summed E-state index contributed by atoms with van der Waals surface area (Å²) in [4.78, 5) is 14.5. The van der Waals surface area contributed by atoms with Gasteiger partial charge in [0.15, 0.2) is 0 Å². The second-order valence-corrected chi connectivity index (χ2v) is 10.5. The van der Waals surface area contributed by atoms with Gasteiger partial charge in [0.05, 0.1) is 0 Å². The van der Waals surface area contributed by atoms with Crippen molar-refractivity contribution in [1.29, 1.82) is 0 Å². The summed E-state index contributed by atoms with van der Waals surface area (Å²) >= 11 is 0. The normalized spacial score (nSPS) is 24.9. The first-order chi connectivity index (χ1) is 15.8. The van der Waals surface area contributed by atoms with E-state index in [0.717, 1.165) is 49.7 Å². The Morgan fingerprint density at radius 2 is 1.34 bits per heavy atom. The minimum atomic E-state index is 0. The molecule has 0 bridgehead atoms. The first-order valence-corrected chi connectivity index (χ1v) is 13.9. The molecule has 2 rings (SSSR count). The first-order valence-electron chi connectivity index (χ1n) is 13.9. The van der Waals surface area contributed by atoms with Crippen LogP contribution < -0.4 is 16.8 Å². The number of carbonyl (C=O) groups is 1. The van der Waals surface area contributed by atoms with Crippen LogP contribution in [0.5, 0.6) is 0 Å². The van der Waals surface area contributed by atoms with Crippen LogP contribution in [0, 0.1) is 23.7 Å². The predicted molar refractivity (Wildman–Crippen MR) is 156 cm³/mol. The summed E-state index contributed by atoms with van der Waals surface area (Å²) in [7, 11) is 0. The minimum absolute atomic E-state index is 0. The van der Waals surface area contributed by atoms with Gasteiger partial charge in [0.1, 0.15) is 5.78 Å². The first kappa shape index (κ1) is 38.7. The third kappa shape index (κ3) is 21.0. The van der Waals surface area contributed by atoms with Crippen molar-refractivity contribution in [2.75, 3.05) is 26.2 Å². The fourth-order valence-corrected chi connectivity index (χ4v) is 4.49. The van der Waals surface area contributed by atoms with Crippen LogP contribution in [0.1, 0.15) is 120 Å². The van der Waals surface area contributed by atoms with Gasteiger partial charge in [-0.05, 0) is 115 Å². The Bertz CT molecular complexity index is 503. The molecular formula is C29H64N4O2. The lowest BCUT2D eigenvalue weighted by Crippen LogP contribution is -2.33. The van der Waals surface area contributed by atoms with Gasteiger partial charge in [0.25, 0.3) is 0 Å². The van der Waals surface area contributed by atoms with E-state index < -0.39 is 0 Å². The van der Waals surface area contributed by atoms with Gasteiger partial charge in [-0.3, -0.25) is 4.99 Å². The molecule has 2 saturated carbocycles. The van der Waals surface area contributed by atoms with Crippen LogP contribution in [-0.2, 0) is 4.79 Å². The molecule has 0 aromatic heterocycles. The maximum Gasteiger partial charge on any atom is 0.129 e. The molecule has 0 radical (unpaired) electrons. The zero-order chi connectivity index (χ0) is 25.1. The monoisotopic (exact) mass is 501 g/mol. The number of Topliss-reactive ketones (excluding diaryl/α,β-unsaturated/α-hetero) is 1. The Morgan fingerprint density at radius 1 is 0.886 bits per heavy atom. The maximum atomic E-state index is 9.81. The number of nitrogens with one attached hydrogen (secondary N) is 1. The van der Waals surface area contributed by atoms with E-state index in [4.69, 9.17) is 16.5 Å². The van der Waals surface area contributed by atoms with E-state index in [9.17, 15) is 4.79 Å². The molecule has 0 heterocycles. The molecule has 0 aromatic carbocycles. The Morgan fingerprint density at radius 3 is 1.77 bits per heavy atom. The van der Waals surface area contributed by atoms with Gasteiger partial charge in [-0.15, -0.1) is 0 Å². The Hall–Kier alpha value is -0.820. The molecule has 0 aliphatic heterocycles. The fraction of sp³-hybridized carbons (Fsp3) is 0.931. The molecule has 2 aliphatic carbocycles. The molecule has 0 saturated heterocycles. The molecule has 2 fully saturated rings. The van der Waals surface area contributed by atoms with Gasteiger partial charge in [-0.1, -0.05) is 41.0 Å². The van der Waals surface area contributed by atoms with Crippen LogP contribution in [0.25, 0.3) is 0 Å². The molecule has 0 spiro atoms. The van der Waals surface area contributed by atoms with Crippen LogP contribution >= 0.6 is 0 Å². The number of nitrogens with zero attached hydrogens (tertiary/aromatic N) is 1. The van der Waals surface area contributed by atoms with Crippen LogP contribution in [0.3, 0.4) is 0 Å². The van der Waals surface area contributed by atoms with E-state index in [2.05, 4.69) is 33.0 Å². The number of ketones is 1. The van der Waals surface area contributed by atoms with Crippen LogP contribution in [-0.4, -0.2) is 49.2 Å². The molecule has 5 atom stereocenters. The molecule has 7 N–H and O–H groups in total. The van der Waals surface area contributed by atoms with E-state index in [1.807, 2.05) is 6.92 Å². The van der Waals surface area contributed by atoms with Gasteiger partial charge >= 0.3 is 0 Å². The second kappa shape index (κ2) is 24.9. The van der Waals surface area contributed by atoms with E-state index in [-0.39, 0.29) is 18.7 Å². The quantitative estimate of drug-likeness (QED) is 0.339. The van der Waals surface area contributed by atoms with E-state index in [1.165, 1.54) is 70.0 Å². The Balaban J connectivity index is -0.000000509. The summed E-state index contributed by atoms with van der Waals surface area (Å²) in [6.45, 7) is 16.3. The van der Waals surface area contributed by atoms with Crippen LogP contribution in [0.4, 0.5) is 0 Å². The standard InChI is InChI=1S/C16H32N2.C8H18N2.C4H8O.CH4.H2O/c1-5-13(3)17-11-15-8-7-9-16(10-15)12-18-14(4)6-2;9-5-7-2-1-3-8(4-7)6-10;1-3-4(2)5;;/h13,15-17H,5-12H2,1-4H3;7-8H,1-6,9-10H2;3H2,1-2H3;1H4;1H2. The molecule has 6 nitrogen and oxygen atoms in total. The van der Waals surface area contributed by atoms with Crippen molar-refractivity contribution >= 4 is 11.5 Å². The van der Waals surface area contributed by atoms with E-state index >= 15 is 0 Å². The summed E-state index contributed by atoms with van der Waals surface area (Å²) in [5.74, 6) is 3.51. The molecule has 5 unspecified atom stereocenters. The highest BCUT2D eigenvalue weighted by Crippen LogP contribution is 2.29. The third-order valence-electron chi connectivity index (χ3n) is 7.45. The number of rotatable bonds is 10. The third-order valence-corrected chi connectivity index (χ3v) is 7.45. The van der Waals surface area contributed by atoms with Crippen LogP contribution in [0.15, 0.2) is 4.99 Å². The number of aliphatic imine (C=N–C) groups is 1. The van der Waals surface area contributed by atoms with E-state index in [0.29, 0.717) is 12.5 Å². The zero-order valence-electron chi connectivity index (χ0n) is 23.5. The predicted octanol–water partition coefficient (Wildman–Crippen LogP) is 5.56. The minimum Gasteiger partial charge on any atom is -0.412 e. The summed E-state index contributed by atoms with van der Waals surface area (Å²) < 4.78 is 0. The van der Waals surface area contributed by atoms with Gasteiger partial charge in [-0.2, -0.15) is 0 Å². The lowest BCUT2D eigenvalue weighted by atomic mass is 9.81. The topological polar surface area (TPSA) is 125 Å². The molecular weight excluding hydrogens is 436 g/mol. The highest BCUT2D eigenvalue weighted by Gasteiger charge is 2.22. The SMILES string of the molecule is C.CCC(C)=NCC1CCCC(CNC(C)CC)C1.CCC(C)=O.NCC1CCCC(CN)C1.O. The Kier molecular flexibility index (Phi) is 27.5. The van der Waals surface area contributed by atoms with Crippen LogP contribution in [0.2, 0.25) is 0 Å². The highest BCUT2D eigenvalue weighted by molar-refractivity contribution is 5.81. The maximum absolute atomic E-state index is 9.81. The lowest BCUT2D eigenvalue weighted by molar-refractivity contribution is -0.116. The van der Waals surface area contributed by atoms with Crippen molar-refractivity contribution in [2.24, 2.45) is 40.1 Å². The van der Waals surface area contributed by atoms with Gasteiger partial charge < -0.3 is 27.1 Å². The van der Waals surface area contributed by atoms with Gasteiger partial charge in [0.2, 0.25) is 0 Å². The largest absolute Gasteiger partial charge is 0.412 e. The molecule has 0 aromatic rings. The fourth-order valence-electron chi connectivity index (χ4n) is 4.49. The van der Waals surface area contributed by atoms with Crippen molar-refractivity contribution in [2.45, 2.75) is 126 Å². The number of hydrogen-bond acceptors (Lipinski definition) is 5. The molecule has 35 heavy (non-hydrogen) atoms. The van der Waals surface area contributed by atoms with Crippen molar-refractivity contribution < 1.29 is 10.3 Å². The van der Waals surface area contributed by atoms with Crippen molar-refractivity contribution in [1.82, 2.24) is 5.32 Å². The summed E-state index contributed by atoms with van der Waals surface area (Å²) in [6, 6.07) is 0.672. The lowest BCUT2D eigenvalue weighted by Gasteiger charge is -2.29. The van der Waals surface area contributed by atoms with Gasteiger partial charge in [-0.25, -0.2) is 0 Å². The highest BCUT2D eigenvalue weighted by atomic mass is 16.1. The molecule has 2 aliphatic rings. The summed E-state index contributed by atoms with van der Waals surface area (Å²) in [5, 5.41) is 3.66. The second-order valence-electron chi connectivity index (χ2n) is 10.5. The van der Waals surface area contributed by atoms with Gasteiger partial charge in [0, 0.05) is 24.7 Å². The molecule has 212 valence electrons. The van der Waals surface area contributed by atoms with Crippen molar-refractivity contribution in [3.05, 3.63) is 0 Å². The number of hydrogen-bond donors (Lipinski definition) is 3. The molecule has 6 heteroatoms. The average molecular weight is 501 g/mol. The number of nitrogens with two attached hydrogens (primary N) is 2. The Labute approximate surface area is 219 Å². The van der Waals surface area contributed by atoms with Crippen molar-refractivity contribution in [3.63, 3.8) is 0 Å². The average Bonchev–Trinajstić information content (AvgIpc) is 2.86. The van der Waals surface area contributed by atoms with Crippen molar-refractivity contribution in [3.8, 4) is 0 Å². The smallest absolute Gasteiger partial charge is 0.129 e. The summed E-state index contributed by atoms with van der Waals surface area (Å²) in [6.07, 6.45) is 13.8. The van der Waals surface area contributed by atoms with E-state index in [1.54, 1.807) is 6.92 Å². The summed E-state index contributed by atoms with van der Waals surface area (Å²) in [5.41, 5.74) is 12.5.